The van der Waals surface area contributed by atoms with Crippen molar-refractivity contribution in [3.05, 3.63) is 18.2 Å². The van der Waals surface area contributed by atoms with E-state index >= 15 is 0 Å². The number of carbonyl (C=O) groups excluding carboxylic acids is 1. The van der Waals surface area contributed by atoms with E-state index in [0.717, 1.165) is 25.9 Å². The van der Waals surface area contributed by atoms with Crippen LogP contribution in [0, 0.1) is 5.92 Å². The summed E-state index contributed by atoms with van der Waals surface area (Å²) in [7, 11) is 3.18. The smallest absolute Gasteiger partial charge is 0.224 e. The molecule has 2 rings (SSSR count). The van der Waals surface area contributed by atoms with E-state index < -0.39 is 0 Å². The van der Waals surface area contributed by atoms with E-state index in [1.54, 1.807) is 26.4 Å². The Morgan fingerprint density at radius 3 is 2.62 bits per heavy atom. The van der Waals surface area contributed by atoms with Gasteiger partial charge in [-0.25, -0.2) is 0 Å². The predicted molar refractivity (Wildman–Crippen MR) is 85.6 cm³/mol. The third kappa shape index (κ3) is 5.10. The first-order chi connectivity index (χ1) is 9.72. The van der Waals surface area contributed by atoms with Crippen molar-refractivity contribution in [3.8, 4) is 11.5 Å². The molecule has 0 atom stereocenters. The molecular formula is C15H23ClN2O3. The minimum absolute atomic E-state index is 0. The molecule has 0 bridgehead atoms. The van der Waals surface area contributed by atoms with E-state index in [2.05, 4.69) is 10.6 Å². The summed E-state index contributed by atoms with van der Waals surface area (Å²) in [5, 5.41) is 6.22. The number of piperidine rings is 1. The van der Waals surface area contributed by atoms with Crippen molar-refractivity contribution < 1.29 is 14.3 Å². The lowest BCUT2D eigenvalue weighted by molar-refractivity contribution is -0.117. The van der Waals surface area contributed by atoms with Gasteiger partial charge >= 0.3 is 0 Å². The molecule has 1 amide bonds. The Morgan fingerprint density at radius 1 is 1.29 bits per heavy atom. The number of ether oxygens (including phenoxy) is 2. The van der Waals surface area contributed by atoms with Gasteiger partial charge in [-0.15, -0.1) is 12.4 Å². The lowest BCUT2D eigenvalue weighted by Gasteiger charge is -2.22. The monoisotopic (exact) mass is 314 g/mol. The standard InChI is InChI=1S/C15H22N2O3.ClH/c1-19-12-3-4-13(14(10-12)20-2)17-15(18)9-11-5-7-16-8-6-11;/h3-4,10-11,16H,5-9H2,1-2H3,(H,17,18);1H. The third-order valence-corrected chi connectivity index (χ3v) is 3.62. The highest BCUT2D eigenvalue weighted by Crippen LogP contribution is 2.29. The van der Waals surface area contributed by atoms with Crippen LogP contribution in [0.1, 0.15) is 19.3 Å². The average molecular weight is 315 g/mol. The van der Waals surface area contributed by atoms with E-state index in [-0.39, 0.29) is 18.3 Å². The van der Waals surface area contributed by atoms with Gasteiger partial charge in [-0.1, -0.05) is 0 Å². The van der Waals surface area contributed by atoms with Gasteiger partial charge in [0.05, 0.1) is 19.9 Å². The van der Waals surface area contributed by atoms with Gasteiger partial charge in [0.2, 0.25) is 5.91 Å². The highest BCUT2D eigenvalue weighted by atomic mass is 35.5. The maximum Gasteiger partial charge on any atom is 0.224 e. The molecule has 21 heavy (non-hydrogen) atoms. The molecule has 0 aliphatic carbocycles. The number of methoxy groups -OCH3 is 2. The minimum Gasteiger partial charge on any atom is -0.497 e. The molecule has 0 unspecified atom stereocenters. The normalized spacial score (nSPS) is 15.0. The average Bonchev–Trinajstić information content (AvgIpc) is 2.48. The van der Waals surface area contributed by atoms with Crippen LogP contribution in [0.25, 0.3) is 0 Å². The molecule has 1 fully saturated rings. The fraction of sp³-hybridized carbons (Fsp3) is 0.533. The molecule has 6 heteroatoms. The summed E-state index contributed by atoms with van der Waals surface area (Å²) < 4.78 is 10.4. The second-order valence-corrected chi connectivity index (χ2v) is 5.01. The first kappa shape index (κ1) is 17.6. The lowest BCUT2D eigenvalue weighted by Crippen LogP contribution is -2.30. The highest BCUT2D eigenvalue weighted by molar-refractivity contribution is 5.92. The highest BCUT2D eigenvalue weighted by Gasteiger charge is 2.17. The summed E-state index contributed by atoms with van der Waals surface area (Å²) in [5.41, 5.74) is 0.687. The topological polar surface area (TPSA) is 59.6 Å². The number of hydrogen-bond acceptors (Lipinski definition) is 4. The molecule has 0 radical (unpaired) electrons. The van der Waals surface area contributed by atoms with Crippen molar-refractivity contribution in [2.75, 3.05) is 32.6 Å². The van der Waals surface area contributed by atoms with E-state index in [1.165, 1.54) is 0 Å². The Labute approximate surface area is 131 Å². The van der Waals surface area contributed by atoms with Gasteiger partial charge in [-0.05, 0) is 44.0 Å². The van der Waals surface area contributed by atoms with Gasteiger partial charge in [0.1, 0.15) is 11.5 Å². The zero-order valence-corrected chi connectivity index (χ0v) is 13.3. The molecule has 1 aromatic rings. The van der Waals surface area contributed by atoms with E-state index in [1.807, 2.05) is 6.07 Å². The maximum atomic E-state index is 12.1. The van der Waals surface area contributed by atoms with E-state index in [4.69, 9.17) is 9.47 Å². The van der Waals surface area contributed by atoms with Gasteiger partial charge in [-0.3, -0.25) is 4.79 Å². The summed E-state index contributed by atoms with van der Waals surface area (Å²) in [6.45, 7) is 2.01. The second-order valence-electron chi connectivity index (χ2n) is 5.01. The SMILES string of the molecule is COc1ccc(NC(=O)CC2CCNCC2)c(OC)c1.Cl. The molecule has 0 aromatic heterocycles. The summed E-state index contributed by atoms with van der Waals surface area (Å²) in [6, 6.07) is 5.38. The Hall–Kier alpha value is -1.46. The Kier molecular flexibility index (Phi) is 7.32. The van der Waals surface area contributed by atoms with Crippen LogP contribution in [0.5, 0.6) is 11.5 Å². The van der Waals surface area contributed by atoms with Crippen molar-refractivity contribution in [3.63, 3.8) is 0 Å². The number of carbonyl (C=O) groups is 1. The Bertz CT molecular complexity index is 462. The molecule has 5 nitrogen and oxygen atoms in total. The molecular weight excluding hydrogens is 292 g/mol. The third-order valence-electron chi connectivity index (χ3n) is 3.62. The minimum atomic E-state index is 0. The first-order valence-electron chi connectivity index (χ1n) is 6.95. The van der Waals surface area contributed by atoms with Gasteiger partial charge in [0.25, 0.3) is 0 Å². The summed E-state index contributed by atoms with van der Waals surface area (Å²) >= 11 is 0. The van der Waals surface area contributed by atoms with Crippen LogP contribution in [0.4, 0.5) is 5.69 Å². The summed E-state index contributed by atoms with van der Waals surface area (Å²) in [5.74, 6) is 1.84. The van der Waals surface area contributed by atoms with Crippen molar-refractivity contribution >= 4 is 24.0 Å². The summed E-state index contributed by atoms with van der Waals surface area (Å²) in [6.07, 6.45) is 2.69. The van der Waals surface area contributed by atoms with Crippen LogP contribution in [-0.4, -0.2) is 33.2 Å². The number of benzene rings is 1. The number of rotatable bonds is 5. The van der Waals surface area contributed by atoms with Crippen molar-refractivity contribution in [2.45, 2.75) is 19.3 Å². The number of amides is 1. The quantitative estimate of drug-likeness (QED) is 0.876. The van der Waals surface area contributed by atoms with Crippen molar-refractivity contribution in [2.24, 2.45) is 5.92 Å². The molecule has 2 N–H and O–H groups in total. The van der Waals surface area contributed by atoms with Crippen LogP contribution >= 0.6 is 12.4 Å². The maximum absolute atomic E-state index is 12.1. The second kappa shape index (κ2) is 8.74. The number of nitrogens with one attached hydrogen (secondary N) is 2. The first-order valence-corrected chi connectivity index (χ1v) is 6.95. The van der Waals surface area contributed by atoms with Crippen molar-refractivity contribution in [1.82, 2.24) is 5.32 Å². The number of hydrogen-bond donors (Lipinski definition) is 2. The van der Waals surface area contributed by atoms with Crippen LogP contribution in [0.2, 0.25) is 0 Å². The Morgan fingerprint density at radius 2 is 2.00 bits per heavy atom. The fourth-order valence-electron chi connectivity index (χ4n) is 2.45. The predicted octanol–water partition coefficient (Wildman–Crippen LogP) is 2.45. The van der Waals surface area contributed by atoms with E-state index in [0.29, 0.717) is 29.5 Å². The lowest BCUT2D eigenvalue weighted by atomic mass is 9.94. The van der Waals surface area contributed by atoms with Gasteiger partial charge in [0, 0.05) is 12.5 Å². The van der Waals surface area contributed by atoms with E-state index in [9.17, 15) is 4.79 Å². The zero-order valence-electron chi connectivity index (χ0n) is 12.5. The Balaban J connectivity index is 0.00000220. The molecule has 1 heterocycles. The zero-order chi connectivity index (χ0) is 14.4. The van der Waals surface area contributed by atoms with Crippen molar-refractivity contribution in [1.29, 1.82) is 0 Å². The van der Waals surface area contributed by atoms with Crippen LogP contribution in [0.15, 0.2) is 18.2 Å². The van der Waals surface area contributed by atoms with Gasteiger partial charge < -0.3 is 20.1 Å². The van der Waals surface area contributed by atoms with Gasteiger partial charge in [-0.2, -0.15) is 0 Å². The fourth-order valence-corrected chi connectivity index (χ4v) is 2.45. The number of halogens is 1. The molecule has 1 aliphatic heterocycles. The molecule has 0 spiro atoms. The molecule has 1 saturated heterocycles. The molecule has 1 aromatic carbocycles. The summed E-state index contributed by atoms with van der Waals surface area (Å²) in [4.78, 5) is 12.1. The van der Waals surface area contributed by atoms with Crippen LogP contribution in [0.3, 0.4) is 0 Å². The van der Waals surface area contributed by atoms with Crippen LogP contribution < -0.4 is 20.1 Å². The molecule has 1 aliphatic rings. The molecule has 118 valence electrons. The van der Waals surface area contributed by atoms with Crippen LogP contribution in [-0.2, 0) is 4.79 Å². The number of anilines is 1. The largest absolute Gasteiger partial charge is 0.497 e. The van der Waals surface area contributed by atoms with Gasteiger partial charge in [0.15, 0.2) is 0 Å². The molecule has 0 saturated carbocycles.